The van der Waals surface area contributed by atoms with Crippen LogP contribution in [0.25, 0.3) is 0 Å². The monoisotopic (exact) mass is 269 g/mol. The Labute approximate surface area is 108 Å². The van der Waals surface area contributed by atoms with Crippen LogP contribution in [0.15, 0.2) is 23.1 Å². The van der Waals surface area contributed by atoms with Gasteiger partial charge in [-0.3, -0.25) is 0 Å². The van der Waals surface area contributed by atoms with Crippen LogP contribution in [0.5, 0.6) is 0 Å². The second-order valence-electron chi connectivity index (χ2n) is 4.79. The molecule has 100 valence electrons. The predicted molar refractivity (Wildman–Crippen MR) is 72.7 cm³/mol. The van der Waals surface area contributed by atoms with Gasteiger partial charge in [0.05, 0.1) is 11.4 Å². The maximum Gasteiger partial charge on any atom is 0.240 e. The van der Waals surface area contributed by atoms with E-state index in [0.717, 1.165) is 6.54 Å². The molecule has 0 spiro atoms. The van der Waals surface area contributed by atoms with Gasteiger partial charge in [0, 0.05) is 6.54 Å². The van der Waals surface area contributed by atoms with Crippen LogP contribution in [-0.2, 0) is 10.0 Å². The Kier molecular flexibility index (Phi) is 3.77. The summed E-state index contributed by atoms with van der Waals surface area (Å²) >= 11 is 0. The molecule has 1 aliphatic carbocycles. The average molecular weight is 269 g/mol. The van der Waals surface area contributed by atoms with Crippen LogP contribution in [0.1, 0.15) is 25.7 Å². The minimum absolute atomic E-state index is 0.0149. The highest BCUT2D eigenvalue weighted by Gasteiger charge is 2.17. The number of anilines is 2. The summed E-state index contributed by atoms with van der Waals surface area (Å²) in [6.45, 7) is 0.832. The van der Waals surface area contributed by atoms with Gasteiger partial charge in [-0.05, 0) is 30.9 Å². The van der Waals surface area contributed by atoms with Crippen molar-refractivity contribution in [3.8, 4) is 0 Å². The van der Waals surface area contributed by atoms with E-state index in [1.54, 1.807) is 12.1 Å². The number of para-hydroxylation sites is 1. The number of sulfonamides is 1. The van der Waals surface area contributed by atoms with Crippen LogP contribution < -0.4 is 16.2 Å². The quantitative estimate of drug-likeness (QED) is 0.722. The minimum Gasteiger partial charge on any atom is -0.396 e. The van der Waals surface area contributed by atoms with Gasteiger partial charge in [-0.1, -0.05) is 18.9 Å². The van der Waals surface area contributed by atoms with Gasteiger partial charge < -0.3 is 11.1 Å². The molecule has 5 N–H and O–H groups in total. The standard InChI is InChI=1S/C12H19N3O2S/c13-12-10(15-8-9-4-1-2-5-9)6-3-7-11(12)18(14,16)17/h3,6-7,9,15H,1-2,4-5,8,13H2,(H2,14,16,17). The molecule has 2 rings (SSSR count). The molecule has 0 unspecified atom stereocenters. The first-order valence-electron chi connectivity index (χ1n) is 6.13. The van der Waals surface area contributed by atoms with Gasteiger partial charge in [0.25, 0.3) is 0 Å². The molecular weight excluding hydrogens is 250 g/mol. The number of nitrogens with two attached hydrogens (primary N) is 2. The van der Waals surface area contributed by atoms with E-state index < -0.39 is 10.0 Å². The van der Waals surface area contributed by atoms with Gasteiger partial charge in [-0.25, -0.2) is 13.6 Å². The molecule has 1 aromatic rings. The summed E-state index contributed by atoms with van der Waals surface area (Å²) in [4.78, 5) is -0.0149. The topological polar surface area (TPSA) is 98.2 Å². The molecule has 0 heterocycles. The molecule has 0 atom stereocenters. The second-order valence-corrected chi connectivity index (χ2v) is 6.32. The number of hydrogen-bond acceptors (Lipinski definition) is 4. The van der Waals surface area contributed by atoms with Crippen molar-refractivity contribution in [2.24, 2.45) is 11.1 Å². The highest BCUT2D eigenvalue weighted by molar-refractivity contribution is 7.89. The van der Waals surface area contributed by atoms with Crippen molar-refractivity contribution in [3.05, 3.63) is 18.2 Å². The van der Waals surface area contributed by atoms with E-state index in [-0.39, 0.29) is 10.6 Å². The molecule has 0 saturated heterocycles. The zero-order valence-corrected chi connectivity index (χ0v) is 11.0. The van der Waals surface area contributed by atoms with Crippen LogP contribution in [0.2, 0.25) is 0 Å². The fourth-order valence-corrected chi connectivity index (χ4v) is 3.10. The van der Waals surface area contributed by atoms with Crippen LogP contribution in [0.4, 0.5) is 11.4 Å². The smallest absolute Gasteiger partial charge is 0.240 e. The van der Waals surface area contributed by atoms with Gasteiger partial charge in [0.1, 0.15) is 4.90 Å². The van der Waals surface area contributed by atoms with E-state index in [1.807, 2.05) is 0 Å². The number of nitrogen functional groups attached to an aromatic ring is 1. The fraction of sp³-hybridized carbons (Fsp3) is 0.500. The lowest BCUT2D eigenvalue weighted by atomic mass is 10.1. The number of nitrogens with one attached hydrogen (secondary N) is 1. The number of rotatable bonds is 4. The van der Waals surface area contributed by atoms with Crippen molar-refractivity contribution in [1.29, 1.82) is 0 Å². The molecule has 6 heteroatoms. The Hall–Kier alpha value is -1.27. The average Bonchev–Trinajstić information content (AvgIpc) is 2.79. The largest absolute Gasteiger partial charge is 0.396 e. The highest BCUT2D eigenvalue weighted by atomic mass is 32.2. The van der Waals surface area contributed by atoms with Crippen molar-refractivity contribution in [3.63, 3.8) is 0 Å². The summed E-state index contributed by atoms with van der Waals surface area (Å²) in [5.41, 5.74) is 6.69. The van der Waals surface area contributed by atoms with Crippen LogP contribution >= 0.6 is 0 Å². The molecule has 0 amide bonds. The van der Waals surface area contributed by atoms with E-state index in [4.69, 9.17) is 10.9 Å². The normalized spacial score (nSPS) is 16.9. The Balaban J connectivity index is 2.13. The summed E-state index contributed by atoms with van der Waals surface area (Å²) in [6.07, 6.45) is 5.00. The summed E-state index contributed by atoms with van der Waals surface area (Å²) in [5, 5.41) is 8.33. The Morgan fingerprint density at radius 2 is 1.94 bits per heavy atom. The minimum atomic E-state index is -3.76. The van der Waals surface area contributed by atoms with E-state index >= 15 is 0 Å². The zero-order valence-electron chi connectivity index (χ0n) is 10.2. The van der Waals surface area contributed by atoms with Gasteiger partial charge in [0.2, 0.25) is 10.0 Å². The number of benzene rings is 1. The summed E-state index contributed by atoms with van der Waals surface area (Å²) in [7, 11) is -3.76. The van der Waals surface area contributed by atoms with Crippen molar-refractivity contribution >= 4 is 21.4 Å². The lowest BCUT2D eigenvalue weighted by Crippen LogP contribution is -2.17. The predicted octanol–water partition coefficient (Wildman–Crippen LogP) is 1.52. The van der Waals surface area contributed by atoms with Crippen molar-refractivity contribution < 1.29 is 8.42 Å². The van der Waals surface area contributed by atoms with Crippen LogP contribution in [0.3, 0.4) is 0 Å². The Morgan fingerprint density at radius 3 is 2.56 bits per heavy atom. The van der Waals surface area contributed by atoms with Gasteiger partial charge >= 0.3 is 0 Å². The van der Waals surface area contributed by atoms with Crippen LogP contribution in [-0.4, -0.2) is 15.0 Å². The third-order valence-corrected chi connectivity index (χ3v) is 4.40. The summed E-state index contributed by atoms with van der Waals surface area (Å²) in [5.74, 6) is 0.655. The molecule has 0 aliphatic heterocycles. The molecule has 1 aliphatic rings. The summed E-state index contributed by atoms with van der Waals surface area (Å²) < 4.78 is 22.7. The third-order valence-electron chi connectivity index (χ3n) is 3.43. The zero-order chi connectivity index (χ0) is 13.2. The number of primary sulfonamides is 1. The Morgan fingerprint density at radius 1 is 1.28 bits per heavy atom. The molecule has 1 aromatic carbocycles. The van der Waals surface area contributed by atoms with Crippen molar-refractivity contribution in [1.82, 2.24) is 0 Å². The molecule has 1 fully saturated rings. The number of hydrogen-bond donors (Lipinski definition) is 3. The van der Waals surface area contributed by atoms with Crippen LogP contribution in [0, 0.1) is 5.92 Å². The molecule has 5 nitrogen and oxygen atoms in total. The SMILES string of the molecule is Nc1c(NCC2CCCC2)cccc1S(N)(=O)=O. The van der Waals surface area contributed by atoms with Gasteiger partial charge in [-0.2, -0.15) is 0 Å². The van der Waals surface area contributed by atoms with Crippen molar-refractivity contribution in [2.75, 3.05) is 17.6 Å². The highest BCUT2D eigenvalue weighted by Crippen LogP contribution is 2.28. The molecule has 0 aromatic heterocycles. The molecule has 0 bridgehead atoms. The first kappa shape index (κ1) is 13.2. The van der Waals surface area contributed by atoms with Gasteiger partial charge in [-0.15, -0.1) is 0 Å². The van der Waals surface area contributed by atoms with E-state index in [2.05, 4.69) is 5.32 Å². The lowest BCUT2D eigenvalue weighted by Gasteiger charge is -2.15. The molecule has 1 saturated carbocycles. The Bertz CT molecular complexity index is 522. The summed E-state index contributed by atoms with van der Waals surface area (Å²) in [6, 6.07) is 4.84. The molecule has 18 heavy (non-hydrogen) atoms. The van der Waals surface area contributed by atoms with E-state index in [1.165, 1.54) is 31.7 Å². The first-order chi connectivity index (χ1) is 8.48. The first-order valence-corrected chi connectivity index (χ1v) is 7.68. The molecular formula is C12H19N3O2S. The van der Waals surface area contributed by atoms with E-state index in [0.29, 0.717) is 11.6 Å². The van der Waals surface area contributed by atoms with E-state index in [9.17, 15) is 8.42 Å². The maximum atomic E-state index is 11.3. The fourth-order valence-electron chi connectivity index (χ4n) is 2.42. The molecule has 0 radical (unpaired) electrons. The maximum absolute atomic E-state index is 11.3. The second kappa shape index (κ2) is 5.16. The third kappa shape index (κ3) is 2.94. The lowest BCUT2D eigenvalue weighted by molar-refractivity contribution is 0.580. The van der Waals surface area contributed by atoms with Gasteiger partial charge in [0.15, 0.2) is 0 Å². The van der Waals surface area contributed by atoms with Crippen molar-refractivity contribution in [2.45, 2.75) is 30.6 Å².